The number of sulfonamides is 1. The number of aromatic nitrogens is 1. The molecule has 0 spiro atoms. The summed E-state index contributed by atoms with van der Waals surface area (Å²) in [5.41, 5.74) is 0. The summed E-state index contributed by atoms with van der Waals surface area (Å²) in [5, 5.41) is 1.81. The number of thiazole rings is 1. The van der Waals surface area contributed by atoms with Gasteiger partial charge in [0.15, 0.2) is 16.3 Å². The van der Waals surface area contributed by atoms with Crippen LogP contribution in [-0.2, 0) is 21.9 Å². The van der Waals surface area contributed by atoms with Gasteiger partial charge in [0.1, 0.15) is 0 Å². The van der Waals surface area contributed by atoms with Gasteiger partial charge in [0, 0.05) is 37.7 Å². The van der Waals surface area contributed by atoms with Gasteiger partial charge in [0.25, 0.3) is 0 Å². The van der Waals surface area contributed by atoms with E-state index in [0.717, 1.165) is 0 Å². The Bertz CT molecular complexity index is 915. The maximum atomic E-state index is 12.3. The first-order chi connectivity index (χ1) is 11.9. The van der Waals surface area contributed by atoms with Gasteiger partial charge in [-0.1, -0.05) is 0 Å². The van der Waals surface area contributed by atoms with Gasteiger partial charge in [-0.05, 0) is 12.1 Å². The number of methoxy groups -OCH3 is 2. The Hall–Kier alpha value is -2.17. The molecule has 8 nitrogen and oxygen atoms in total. The molecule has 10 heteroatoms. The predicted octanol–water partition coefficient (Wildman–Crippen LogP) is 0.900. The molecule has 25 heavy (non-hydrogen) atoms. The fourth-order valence-corrected chi connectivity index (χ4v) is 3.75. The van der Waals surface area contributed by atoms with Gasteiger partial charge in [0.2, 0.25) is 15.9 Å². The van der Waals surface area contributed by atoms with Crippen LogP contribution in [0.25, 0.3) is 0 Å². The van der Waals surface area contributed by atoms with Crippen LogP contribution in [0.15, 0.2) is 39.7 Å². The van der Waals surface area contributed by atoms with Crippen molar-refractivity contribution in [2.75, 3.05) is 20.8 Å². The molecular weight excluding hydrogens is 366 g/mol. The minimum atomic E-state index is -3.77. The van der Waals surface area contributed by atoms with E-state index in [9.17, 15) is 13.2 Å². The van der Waals surface area contributed by atoms with E-state index < -0.39 is 15.9 Å². The van der Waals surface area contributed by atoms with Crippen LogP contribution in [-0.4, -0.2) is 39.7 Å². The van der Waals surface area contributed by atoms with Crippen molar-refractivity contribution in [2.24, 2.45) is 12.0 Å². The third kappa shape index (κ3) is 4.91. The number of hydrogen-bond acceptors (Lipinski definition) is 6. The van der Waals surface area contributed by atoms with Crippen molar-refractivity contribution in [3.05, 3.63) is 34.6 Å². The van der Waals surface area contributed by atoms with Crippen molar-refractivity contribution in [1.29, 1.82) is 0 Å². The number of rotatable bonds is 7. The zero-order valence-electron chi connectivity index (χ0n) is 14.1. The summed E-state index contributed by atoms with van der Waals surface area (Å²) in [6.45, 7) is -0.0475. The van der Waals surface area contributed by atoms with Crippen molar-refractivity contribution >= 4 is 27.3 Å². The molecule has 0 atom stereocenters. The molecule has 1 aromatic carbocycles. The number of aryl methyl sites for hydroxylation is 1. The highest BCUT2D eigenvalue weighted by atomic mass is 32.2. The molecule has 1 aromatic heterocycles. The summed E-state index contributed by atoms with van der Waals surface area (Å²) in [7, 11) is 0.903. The smallest absolute Gasteiger partial charge is 0.249 e. The van der Waals surface area contributed by atoms with Crippen LogP contribution in [0, 0.1) is 0 Å². The first kappa shape index (κ1) is 19.2. The van der Waals surface area contributed by atoms with Crippen LogP contribution in [0.1, 0.15) is 6.42 Å². The number of carbonyl (C=O) groups excluding carboxylic acids is 1. The molecule has 2 rings (SSSR count). The van der Waals surface area contributed by atoms with E-state index in [0.29, 0.717) is 16.3 Å². The lowest BCUT2D eigenvalue weighted by Gasteiger charge is -2.10. The number of benzene rings is 1. The summed E-state index contributed by atoms with van der Waals surface area (Å²) in [5.74, 6) is 0.342. The van der Waals surface area contributed by atoms with E-state index in [1.807, 2.05) is 5.38 Å². The summed E-state index contributed by atoms with van der Waals surface area (Å²) in [4.78, 5) is 16.3. The molecule has 0 radical (unpaired) electrons. The normalized spacial score (nSPS) is 12.2. The lowest BCUT2D eigenvalue weighted by atomic mass is 10.3. The second-order valence-corrected chi connectivity index (χ2v) is 7.61. The Morgan fingerprint density at radius 3 is 2.60 bits per heavy atom. The summed E-state index contributed by atoms with van der Waals surface area (Å²) >= 11 is 1.33. The average molecular weight is 385 g/mol. The van der Waals surface area contributed by atoms with Crippen molar-refractivity contribution in [2.45, 2.75) is 11.3 Å². The first-order valence-electron chi connectivity index (χ1n) is 7.26. The molecule has 2 aromatic rings. The predicted molar refractivity (Wildman–Crippen MR) is 93.2 cm³/mol. The standard InChI is InChI=1S/C15H19N3O5S2/c1-18-8-9-24-15(18)17-14(19)6-7-16-25(20,21)11-4-5-12(22-2)13(10-11)23-3/h4-5,8-10,16H,6-7H2,1-3H3. The molecule has 1 amide bonds. The van der Waals surface area contributed by atoms with Gasteiger partial charge >= 0.3 is 0 Å². The molecule has 0 saturated carbocycles. The van der Waals surface area contributed by atoms with Gasteiger partial charge in [-0.2, -0.15) is 4.99 Å². The molecule has 0 unspecified atom stereocenters. The lowest BCUT2D eigenvalue weighted by Crippen LogP contribution is -2.26. The molecule has 0 aliphatic heterocycles. The number of hydrogen-bond donors (Lipinski definition) is 1. The Kier molecular flexibility index (Phi) is 6.34. The number of amides is 1. The van der Waals surface area contributed by atoms with Crippen LogP contribution in [0.5, 0.6) is 11.5 Å². The number of nitrogens with zero attached hydrogens (tertiary/aromatic N) is 2. The van der Waals surface area contributed by atoms with Crippen LogP contribution < -0.4 is 19.0 Å². The minimum absolute atomic E-state index is 0.0270. The SMILES string of the molecule is COc1ccc(S(=O)(=O)NCCC(=O)N=c2sccn2C)cc1OC. The number of ether oxygens (including phenoxy) is 2. The largest absolute Gasteiger partial charge is 0.493 e. The summed E-state index contributed by atoms with van der Waals surface area (Å²) in [6.07, 6.45) is 1.75. The zero-order chi connectivity index (χ0) is 18.4. The van der Waals surface area contributed by atoms with Gasteiger partial charge < -0.3 is 14.0 Å². The molecule has 0 saturated heterocycles. The molecule has 0 aliphatic carbocycles. The monoisotopic (exact) mass is 385 g/mol. The third-order valence-electron chi connectivity index (χ3n) is 3.28. The van der Waals surface area contributed by atoms with Crippen LogP contribution in [0.2, 0.25) is 0 Å². The maximum Gasteiger partial charge on any atom is 0.249 e. The van der Waals surface area contributed by atoms with Crippen molar-refractivity contribution < 1.29 is 22.7 Å². The van der Waals surface area contributed by atoms with E-state index in [1.54, 1.807) is 17.8 Å². The molecule has 0 aliphatic rings. The van der Waals surface area contributed by atoms with E-state index in [1.165, 1.54) is 43.8 Å². The average Bonchev–Trinajstić information content (AvgIpc) is 2.98. The van der Waals surface area contributed by atoms with E-state index in [2.05, 4.69) is 9.71 Å². The van der Waals surface area contributed by atoms with Crippen molar-refractivity contribution in [3.63, 3.8) is 0 Å². The van der Waals surface area contributed by atoms with E-state index in [-0.39, 0.29) is 17.9 Å². The topological polar surface area (TPSA) is 99.0 Å². The highest BCUT2D eigenvalue weighted by Crippen LogP contribution is 2.29. The summed E-state index contributed by atoms with van der Waals surface area (Å²) < 4.78 is 38.9. The number of nitrogens with one attached hydrogen (secondary N) is 1. The summed E-state index contributed by atoms with van der Waals surface area (Å²) in [6, 6.07) is 4.27. The molecular formula is C15H19N3O5S2. The molecule has 1 N–H and O–H groups in total. The van der Waals surface area contributed by atoms with Gasteiger partial charge in [-0.15, -0.1) is 11.3 Å². The maximum absolute atomic E-state index is 12.3. The second kappa shape index (κ2) is 8.28. The number of carbonyl (C=O) groups is 1. The second-order valence-electron chi connectivity index (χ2n) is 4.97. The third-order valence-corrected chi connectivity index (χ3v) is 5.58. The molecule has 136 valence electrons. The Morgan fingerprint density at radius 1 is 1.28 bits per heavy atom. The highest BCUT2D eigenvalue weighted by Gasteiger charge is 2.17. The van der Waals surface area contributed by atoms with E-state index in [4.69, 9.17) is 9.47 Å². The molecule has 1 heterocycles. The van der Waals surface area contributed by atoms with Gasteiger partial charge in [-0.3, -0.25) is 4.79 Å². The fourth-order valence-electron chi connectivity index (χ4n) is 1.96. The van der Waals surface area contributed by atoms with E-state index >= 15 is 0 Å². The Labute approximate surface area is 149 Å². The van der Waals surface area contributed by atoms with Crippen LogP contribution in [0.3, 0.4) is 0 Å². The highest BCUT2D eigenvalue weighted by molar-refractivity contribution is 7.89. The fraction of sp³-hybridized carbons (Fsp3) is 0.333. The zero-order valence-corrected chi connectivity index (χ0v) is 15.7. The Morgan fingerprint density at radius 2 is 2.00 bits per heavy atom. The van der Waals surface area contributed by atoms with Crippen molar-refractivity contribution in [3.8, 4) is 11.5 Å². The van der Waals surface area contributed by atoms with Crippen LogP contribution in [0.4, 0.5) is 0 Å². The minimum Gasteiger partial charge on any atom is -0.493 e. The Balaban J connectivity index is 2.02. The first-order valence-corrected chi connectivity index (χ1v) is 9.63. The molecule has 0 fully saturated rings. The quantitative estimate of drug-likeness (QED) is 0.763. The van der Waals surface area contributed by atoms with Gasteiger partial charge in [0.05, 0.1) is 19.1 Å². The molecule has 0 bridgehead atoms. The van der Waals surface area contributed by atoms with Crippen molar-refractivity contribution in [1.82, 2.24) is 9.29 Å². The lowest BCUT2D eigenvalue weighted by molar-refractivity contribution is -0.117. The van der Waals surface area contributed by atoms with Crippen LogP contribution >= 0.6 is 11.3 Å². The van der Waals surface area contributed by atoms with Gasteiger partial charge in [-0.25, -0.2) is 13.1 Å².